The summed E-state index contributed by atoms with van der Waals surface area (Å²) in [5.74, 6) is -0.478. The summed E-state index contributed by atoms with van der Waals surface area (Å²) in [5, 5.41) is 0. The van der Waals surface area contributed by atoms with Crippen LogP contribution in [0.5, 0.6) is 5.75 Å². The van der Waals surface area contributed by atoms with Crippen LogP contribution in [0, 0.1) is 13.8 Å². The molecule has 0 fully saturated rings. The number of esters is 1. The summed E-state index contributed by atoms with van der Waals surface area (Å²) in [7, 11) is 1.87. The number of rotatable bonds is 7. The molecule has 0 N–H and O–H groups in total. The van der Waals surface area contributed by atoms with E-state index >= 15 is 0 Å². The maximum atomic E-state index is 12.1. The minimum atomic E-state index is -0.630. The first-order valence-electron chi connectivity index (χ1n) is 7.85. The van der Waals surface area contributed by atoms with E-state index in [1.54, 1.807) is 30.3 Å². The summed E-state index contributed by atoms with van der Waals surface area (Å²) in [6.45, 7) is 4.59. The van der Waals surface area contributed by atoms with Gasteiger partial charge in [0.2, 0.25) is 5.78 Å². The van der Waals surface area contributed by atoms with E-state index in [1.807, 2.05) is 25.5 Å². The Kier molecular flexibility index (Phi) is 5.75. The third-order valence-corrected chi connectivity index (χ3v) is 4.06. The molecule has 2 rings (SSSR count). The number of nitrogens with zero attached hydrogens (tertiary/aromatic N) is 1. The molecule has 1 heterocycles. The zero-order chi connectivity index (χ0) is 18.6. The predicted molar refractivity (Wildman–Crippen MR) is 92.1 cm³/mol. The van der Waals surface area contributed by atoms with Crippen LogP contribution in [-0.2, 0) is 16.6 Å². The molecule has 6 nitrogen and oxygen atoms in total. The molecule has 0 spiro atoms. The monoisotopic (exact) mass is 343 g/mol. The number of ketones is 2. The molecule has 0 saturated heterocycles. The van der Waals surface area contributed by atoms with E-state index in [0.29, 0.717) is 16.9 Å². The van der Waals surface area contributed by atoms with Gasteiger partial charge in [-0.3, -0.25) is 9.59 Å². The number of ether oxygens (including phenoxy) is 2. The van der Waals surface area contributed by atoms with Crippen molar-refractivity contribution in [2.75, 3.05) is 13.2 Å². The normalized spacial score (nSPS) is 10.4. The summed E-state index contributed by atoms with van der Waals surface area (Å²) in [4.78, 5) is 35.1. The third kappa shape index (κ3) is 4.56. The second-order valence-electron chi connectivity index (χ2n) is 5.80. The third-order valence-electron chi connectivity index (χ3n) is 4.06. The zero-order valence-electron chi connectivity index (χ0n) is 14.8. The first kappa shape index (κ1) is 18.4. The Balaban J connectivity index is 1.83. The van der Waals surface area contributed by atoms with E-state index in [4.69, 9.17) is 9.47 Å². The second-order valence-corrected chi connectivity index (χ2v) is 5.80. The SMILES string of the molecule is CC(=O)c1ccc(OCC(=O)OCC(=O)c2cc(C)n(C)c2C)cc1. The van der Waals surface area contributed by atoms with Crippen molar-refractivity contribution in [1.29, 1.82) is 0 Å². The Hall–Kier alpha value is -2.89. The van der Waals surface area contributed by atoms with Crippen molar-refractivity contribution in [3.63, 3.8) is 0 Å². The quantitative estimate of drug-likeness (QED) is 0.571. The van der Waals surface area contributed by atoms with Crippen LogP contribution >= 0.6 is 0 Å². The molecule has 0 aliphatic carbocycles. The summed E-state index contributed by atoms with van der Waals surface area (Å²) >= 11 is 0. The van der Waals surface area contributed by atoms with E-state index in [1.165, 1.54) is 6.92 Å². The van der Waals surface area contributed by atoms with Crippen LogP contribution < -0.4 is 4.74 Å². The number of hydrogen-bond donors (Lipinski definition) is 0. The van der Waals surface area contributed by atoms with E-state index in [2.05, 4.69) is 0 Å². The fourth-order valence-electron chi connectivity index (χ4n) is 2.33. The fourth-order valence-corrected chi connectivity index (χ4v) is 2.33. The van der Waals surface area contributed by atoms with Gasteiger partial charge in [-0.25, -0.2) is 4.79 Å². The fraction of sp³-hybridized carbons (Fsp3) is 0.316. The average molecular weight is 343 g/mol. The standard InChI is InChI=1S/C19H21NO5/c1-12-9-17(13(2)20(12)4)18(22)10-25-19(23)11-24-16-7-5-15(6-8-16)14(3)21/h5-9H,10-11H2,1-4H3. The second kappa shape index (κ2) is 7.79. The molecule has 0 bridgehead atoms. The summed E-state index contributed by atoms with van der Waals surface area (Å²) < 4.78 is 12.2. The molecule has 0 radical (unpaired) electrons. The predicted octanol–water partition coefficient (Wildman–Crippen LogP) is 2.65. The van der Waals surface area contributed by atoms with Gasteiger partial charge in [-0.2, -0.15) is 0 Å². The summed E-state index contributed by atoms with van der Waals surface area (Å²) in [6.07, 6.45) is 0. The smallest absolute Gasteiger partial charge is 0.344 e. The molecular weight excluding hydrogens is 322 g/mol. The van der Waals surface area contributed by atoms with Gasteiger partial charge in [0.15, 0.2) is 19.0 Å². The van der Waals surface area contributed by atoms with Crippen molar-refractivity contribution in [2.24, 2.45) is 7.05 Å². The van der Waals surface area contributed by atoms with Gasteiger partial charge in [0.1, 0.15) is 5.75 Å². The number of hydrogen-bond acceptors (Lipinski definition) is 5. The van der Waals surface area contributed by atoms with Gasteiger partial charge in [-0.05, 0) is 51.1 Å². The molecule has 0 saturated carbocycles. The molecule has 1 aromatic carbocycles. The number of carbonyl (C=O) groups excluding carboxylic acids is 3. The minimum Gasteiger partial charge on any atom is -0.482 e. The van der Waals surface area contributed by atoms with Crippen LogP contribution in [-0.4, -0.2) is 35.3 Å². The van der Waals surface area contributed by atoms with Crippen LogP contribution in [0.1, 0.15) is 39.0 Å². The van der Waals surface area contributed by atoms with E-state index in [0.717, 1.165) is 11.4 Å². The van der Waals surface area contributed by atoms with Crippen molar-refractivity contribution in [3.8, 4) is 5.75 Å². The lowest BCUT2D eigenvalue weighted by atomic mass is 10.1. The van der Waals surface area contributed by atoms with Gasteiger partial charge in [-0.15, -0.1) is 0 Å². The van der Waals surface area contributed by atoms with E-state index < -0.39 is 5.97 Å². The number of benzene rings is 1. The Morgan fingerprint density at radius 1 is 1.04 bits per heavy atom. The Labute approximate surface area is 146 Å². The molecular formula is C19H21NO5. The Morgan fingerprint density at radius 3 is 2.20 bits per heavy atom. The van der Waals surface area contributed by atoms with Crippen molar-refractivity contribution in [2.45, 2.75) is 20.8 Å². The molecule has 2 aromatic rings. The first-order valence-corrected chi connectivity index (χ1v) is 7.85. The highest BCUT2D eigenvalue weighted by Gasteiger charge is 2.16. The Bertz CT molecular complexity index is 802. The minimum absolute atomic E-state index is 0.0454. The highest BCUT2D eigenvalue weighted by atomic mass is 16.6. The van der Waals surface area contributed by atoms with Gasteiger partial charge in [0.25, 0.3) is 0 Å². The topological polar surface area (TPSA) is 74.6 Å². The number of aryl methyl sites for hydroxylation is 1. The van der Waals surface area contributed by atoms with Crippen molar-refractivity contribution in [3.05, 3.63) is 52.8 Å². The maximum Gasteiger partial charge on any atom is 0.344 e. The van der Waals surface area contributed by atoms with Crippen LogP contribution in [0.25, 0.3) is 0 Å². The van der Waals surface area contributed by atoms with Crippen LogP contribution in [0.2, 0.25) is 0 Å². The zero-order valence-corrected chi connectivity index (χ0v) is 14.8. The molecule has 0 aliphatic rings. The highest BCUT2D eigenvalue weighted by Crippen LogP contribution is 2.14. The van der Waals surface area contributed by atoms with Gasteiger partial charge in [0.05, 0.1) is 0 Å². The van der Waals surface area contributed by atoms with Gasteiger partial charge in [0, 0.05) is 29.6 Å². The van der Waals surface area contributed by atoms with Crippen LogP contribution in [0.15, 0.2) is 30.3 Å². The lowest BCUT2D eigenvalue weighted by molar-refractivity contribution is -0.144. The maximum absolute atomic E-state index is 12.1. The van der Waals surface area contributed by atoms with Crippen LogP contribution in [0.4, 0.5) is 0 Å². The van der Waals surface area contributed by atoms with Crippen molar-refractivity contribution < 1.29 is 23.9 Å². The number of carbonyl (C=O) groups is 3. The Morgan fingerprint density at radius 2 is 1.68 bits per heavy atom. The lowest BCUT2D eigenvalue weighted by Crippen LogP contribution is -2.19. The largest absolute Gasteiger partial charge is 0.482 e. The highest BCUT2D eigenvalue weighted by molar-refractivity contribution is 5.99. The van der Waals surface area contributed by atoms with E-state index in [9.17, 15) is 14.4 Å². The van der Waals surface area contributed by atoms with Gasteiger partial charge >= 0.3 is 5.97 Å². The average Bonchev–Trinajstić information content (AvgIpc) is 2.85. The molecule has 132 valence electrons. The summed E-state index contributed by atoms with van der Waals surface area (Å²) in [6, 6.07) is 8.22. The molecule has 0 aliphatic heterocycles. The van der Waals surface area contributed by atoms with Crippen molar-refractivity contribution in [1.82, 2.24) is 4.57 Å². The number of aromatic nitrogens is 1. The molecule has 6 heteroatoms. The number of Topliss-reactive ketones (excluding diaryl/α,β-unsaturated/α-hetero) is 2. The molecule has 1 aromatic heterocycles. The van der Waals surface area contributed by atoms with Gasteiger partial charge < -0.3 is 14.0 Å². The lowest BCUT2D eigenvalue weighted by Gasteiger charge is -2.07. The molecule has 0 atom stereocenters. The molecule has 0 unspecified atom stereocenters. The van der Waals surface area contributed by atoms with Gasteiger partial charge in [-0.1, -0.05) is 0 Å². The molecule has 25 heavy (non-hydrogen) atoms. The summed E-state index contributed by atoms with van der Waals surface area (Å²) in [5.41, 5.74) is 2.91. The van der Waals surface area contributed by atoms with Crippen molar-refractivity contribution >= 4 is 17.5 Å². The van der Waals surface area contributed by atoms with E-state index in [-0.39, 0.29) is 24.8 Å². The first-order chi connectivity index (χ1) is 11.8. The van der Waals surface area contributed by atoms with Crippen LogP contribution in [0.3, 0.4) is 0 Å². The molecule has 0 amide bonds.